The smallest absolute Gasteiger partial charge is 0.248 e. The van der Waals surface area contributed by atoms with Crippen LogP contribution >= 0.6 is 0 Å². The molecule has 0 aromatic carbocycles. The Bertz CT molecular complexity index is 507. The molecule has 1 aromatic rings. The Morgan fingerprint density at radius 3 is 2.87 bits per heavy atom. The molecule has 23 heavy (non-hydrogen) atoms. The molecule has 0 radical (unpaired) electrons. The third-order valence-electron chi connectivity index (χ3n) is 4.84. The Kier molecular flexibility index (Phi) is 5.04. The SMILES string of the molecule is CN(C)C(=O)COC1COC2(CCN(Cc3ccco3)CC2)C1. The van der Waals surface area contributed by atoms with Crippen molar-refractivity contribution in [1.29, 1.82) is 0 Å². The van der Waals surface area contributed by atoms with Gasteiger partial charge in [-0.1, -0.05) is 0 Å². The molecule has 1 unspecified atom stereocenters. The number of hydrogen-bond acceptors (Lipinski definition) is 5. The summed E-state index contributed by atoms with van der Waals surface area (Å²) < 4.78 is 17.2. The van der Waals surface area contributed by atoms with Gasteiger partial charge in [-0.3, -0.25) is 9.69 Å². The van der Waals surface area contributed by atoms with Crippen LogP contribution < -0.4 is 0 Å². The van der Waals surface area contributed by atoms with Gasteiger partial charge < -0.3 is 18.8 Å². The first-order chi connectivity index (χ1) is 11.1. The van der Waals surface area contributed by atoms with Crippen molar-refractivity contribution < 1.29 is 18.7 Å². The number of rotatable bonds is 5. The fraction of sp³-hybridized carbons (Fsp3) is 0.706. The molecule has 0 aliphatic carbocycles. The quantitative estimate of drug-likeness (QED) is 0.822. The number of carbonyl (C=O) groups excluding carboxylic acids is 1. The zero-order chi connectivity index (χ0) is 16.3. The molecule has 6 heteroatoms. The molecule has 1 atom stereocenters. The second kappa shape index (κ2) is 7.03. The Morgan fingerprint density at radius 2 is 2.22 bits per heavy atom. The summed E-state index contributed by atoms with van der Waals surface area (Å²) in [6.45, 7) is 3.61. The van der Waals surface area contributed by atoms with Crippen LogP contribution in [0.4, 0.5) is 0 Å². The topological polar surface area (TPSA) is 55.2 Å². The van der Waals surface area contributed by atoms with E-state index in [9.17, 15) is 4.79 Å². The zero-order valence-electron chi connectivity index (χ0n) is 14.0. The minimum absolute atomic E-state index is 0.000725. The molecule has 6 nitrogen and oxygen atoms in total. The summed E-state index contributed by atoms with van der Waals surface area (Å²) in [5, 5.41) is 0. The van der Waals surface area contributed by atoms with Gasteiger partial charge in [-0.25, -0.2) is 0 Å². The molecule has 0 bridgehead atoms. The van der Waals surface area contributed by atoms with Gasteiger partial charge in [0, 0.05) is 33.6 Å². The first-order valence-corrected chi connectivity index (χ1v) is 8.27. The second-order valence-electron chi connectivity index (χ2n) is 6.77. The van der Waals surface area contributed by atoms with Gasteiger partial charge in [0.25, 0.3) is 0 Å². The largest absolute Gasteiger partial charge is 0.468 e. The van der Waals surface area contributed by atoms with E-state index in [4.69, 9.17) is 13.9 Å². The monoisotopic (exact) mass is 322 g/mol. The fourth-order valence-electron chi connectivity index (χ4n) is 3.32. The molecular formula is C17H26N2O4. The lowest BCUT2D eigenvalue weighted by Gasteiger charge is -2.38. The number of piperidine rings is 1. The number of furan rings is 1. The fourth-order valence-corrected chi connectivity index (χ4v) is 3.32. The van der Waals surface area contributed by atoms with Crippen molar-refractivity contribution in [1.82, 2.24) is 9.80 Å². The molecule has 128 valence electrons. The van der Waals surface area contributed by atoms with Crippen LogP contribution in [0.2, 0.25) is 0 Å². The highest BCUT2D eigenvalue weighted by atomic mass is 16.6. The predicted molar refractivity (Wildman–Crippen MR) is 85.0 cm³/mol. The zero-order valence-corrected chi connectivity index (χ0v) is 14.0. The number of amides is 1. The van der Waals surface area contributed by atoms with Gasteiger partial charge in [0.15, 0.2) is 0 Å². The van der Waals surface area contributed by atoms with Gasteiger partial charge in [0.1, 0.15) is 12.4 Å². The highest BCUT2D eigenvalue weighted by Gasteiger charge is 2.43. The molecule has 0 N–H and O–H groups in total. The van der Waals surface area contributed by atoms with Gasteiger partial charge >= 0.3 is 0 Å². The van der Waals surface area contributed by atoms with E-state index >= 15 is 0 Å². The highest BCUT2D eigenvalue weighted by molar-refractivity contribution is 5.76. The van der Waals surface area contributed by atoms with Crippen LogP contribution in [0.3, 0.4) is 0 Å². The molecule has 3 heterocycles. The minimum Gasteiger partial charge on any atom is -0.468 e. The minimum atomic E-state index is -0.0640. The third kappa shape index (κ3) is 4.13. The first-order valence-electron chi connectivity index (χ1n) is 8.27. The first kappa shape index (κ1) is 16.5. The third-order valence-corrected chi connectivity index (χ3v) is 4.84. The molecule has 3 rings (SSSR count). The van der Waals surface area contributed by atoms with Gasteiger partial charge in [-0.15, -0.1) is 0 Å². The lowest BCUT2D eigenvalue weighted by molar-refractivity contribution is -0.135. The van der Waals surface area contributed by atoms with Crippen molar-refractivity contribution in [3.05, 3.63) is 24.2 Å². The van der Waals surface area contributed by atoms with Gasteiger partial charge in [-0.2, -0.15) is 0 Å². The summed E-state index contributed by atoms with van der Waals surface area (Å²) >= 11 is 0. The van der Waals surface area contributed by atoms with E-state index in [0.29, 0.717) is 6.61 Å². The van der Waals surface area contributed by atoms with Crippen molar-refractivity contribution in [2.45, 2.75) is 37.5 Å². The molecule has 1 aromatic heterocycles. The summed E-state index contributed by atoms with van der Waals surface area (Å²) in [5.41, 5.74) is -0.0640. The average molecular weight is 322 g/mol. The molecule has 0 saturated carbocycles. The van der Waals surface area contributed by atoms with Crippen molar-refractivity contribution in [2.75, 3.05) is 40.4 Å². The molecule has 2 aliphatic heterocycles. The summed E-state index contributed by atoms with van der Waals surface area (Å²) in [6, 6.07) is 3.94. The lowest BCUT2D eigenvalue weighted by atomic mass is 9.88. The highest BCUT2D eigenvalue weighted by Crippen LogP contribution is 2.37. The van der Waals surface area contributed by atoms with Crippen LogP contribution in [0.5, 0.6) is 0 Å². The van der Waals surface area contributed by atoms with Crippen LogP contribution in [0.1, 0.15) is 25.0 Å². The number of carbonyl (C=O) groups is 1. The maximum absolute atomic E-state index is 11.6. The lowest BCUT2D eigenvalue weighted by Crippen LogP contribution is -2.44. The number of ether oxygens (including phenoxy) is 2. The summed E-state index contributed by atoms with van der Waals surface area (Å²) in [7, 11) is 3.49. The van der Waals surface area contributed by atoms with Crippen molar-refractivity contribution >= 4 is 5.91 Å². The molecule has 2 fully saturated rings. The van der Waals surface area contributed by atoms with Crippen molar-refractivity contribution in [3.8, 4) is 0 Å². The van der Waals surface area contributed by atoms with Crippen LogP contribution in [0.15, 0.2) is 22.8 Å². The normalized spacial score (nSPS) is 24.2. The predicted octanol–water partition coefficient (Wildman–Crippen LogP) is 1.51. The second-order valence-corrected chi connectivity index (χ2v) is 6.77. The van der Waals surface area contributed by atoms with E-state index in [0.717, 1.165) is 44.7 Å². The number of likely N-dealkylation sites (tertiary alicyclic amines) is 1. The molecule has 1 amide bonds. The van der Waals surface area contributed by atoms with Gasteiger partial charge in [0.05, 0.1) is 31.1 Å². The van der Waals surface area contributed by atoms with Crippen LogP contribution in [0.25, 0.3) is 0 Å². The van der Waals surface area contributed by atoms with E-state index in [2.05, 4.69) is 4.90 Å². The van der Waals surface area contributed by atoms with Gasteiger partial charge in [-0.05, 0) is 25.0 Å². The molecular weight excluding hydrogens is 296 g/mol. The summed E-state index contributed by atoms with van der Waals surface area (Å²) in [5.74, 6) is 1.01. The van der Waals surface area contributed by atoms with Crippen LogP contribution in [0, 0.1) is 0 Å². The van der Waals surface area contributed by atoms with Gasteiger partial charge in [0.2, 0.25) is 5.91 Å². The number of nitrogens with zero attached hydrogens (tertiary/aromatic N) is 2. The molecule has 2 saturated heterocycles. The van der Waals surface area contributed by atoms with E-state index in [1.807, 2.05) is 12.1 Å². The average Bonchev–Trinajstić information content (AvgIpc) is 3.18. The Hall–Kier alpha value is -1.37. The van der Waals surface area contributed by atoms with E-state index in [1.165, 1.54) is 0 Å². The Balaban J connectivity index is 1.43. The summed E-state index contributed by atoms with van der Waals surface area (Å²) in [4.78, 5) is 15.6. The van der Waals surface area contributed by atoms with E-state index in [-0.39, 0.29) is 24.2 Å². The molecule has 2 aliphatic rings. The maximum Gasteiger partial charge on any atom is 0.248 e. The Morgan fingerprint density at radius 1 is 1.43 bits per heavy atom. The maximum atomic E-state index is 11.6. The number of likely N-dealkylation sites (N-methyl/N-ethyl adjacent to an activating group) is 1. The van der Waals surface area contributed by atoms with Crippen LogP contribution in [-0.4, -0.2) is 67.8 Å². The van der Waals surface area contributed by atoms with E-state index < -0.39 is 0 Å². The van der Waals surface area contributed by atoms with Crippen molar-refractivity contribution in [2.24, 2.45) is 0 Å². The van der Waals surface area contributed by atoms with Crippen LogP contribution in [-0.2, 0) is 20.8 Å². The summed E-state index contributed by atoms with van der Waals surface area (Å²) in [6.07, 6.45) is 4.67. The number of hydrogen-bond donors (Lipinski definition) is 0. The van der Waals surface area contributed by atoms with E-state index in [1.54, 1.807) is 25.3 Å². The van der Waals surface area contributed by atoms with Crippen molar-refractivity contribution in [3.63, 3.8) is 0 Å². The molecule has 1 spiro atoms. The Labute approximate surface area is 137 Å². The standard InChI is InChI=1S/C17H26N2O4/c1-18(2)16(20)13-22-15-10-17(23-12-15)5-7-19(8-6-17)11-14-4-3-9-21-14/h3-4,9,15H,5-8,10-13H2,1-2H3.